The van der Waals surface area contributed by atoms with Crippen molar-refractivity contribution in [2.24, 2.45) is 0 Å². The van der Waals surface area contributed by atoms with Crippen molar-refractivity contribution < 1.29 is 14.3 Å². The van der Waals surface area contributed by atoms with E-state index in [4.69, 9.17) is 4.74 Å². The molecular formula is C23H26N2O3S. The van der Waals surface area contributed by atoms with Gasteiger partial charge in [-0.1, -0.05) is 23.8 Å². The zero-order valence-corrected chi connectivity index (χ0v) is 17.7. The molecule has 2 saturated heterocycles. The Morgan fingerprint density at radius 3 is 2.34 bits per heavy atom. The van der Waals surface area contributed by atoms with E-state index in [0.29, 0.717) is 24.4 Å². The molecule has 1 spiro atoms. The molecule has 0 unspecified atom stereocenters. The Kier molecular flexibility index (Phi) is 5.54. The van der Waals surface area contributed by atoms with Gasteiger partial charge in [-0.25, -0.2) is 0 Å². The summed E-state index contributed by atoms with van der Waals surface area (Å²) in [6.07, 6.45) is 1.59. The van der Waals surface area contributed by atoms with Gasteiger partial charge >= 0.3 is 0 Å². The lowest BCUT2D eigenvalue weighted by molar-refractivity contribution is 0.0497. The fourth-order valence-corrected chi connectivity index (χ4v) is 5.70. The molecule has 4 rings (SSSR count). The molecule has 2 aromatic rings. The monoisotopic (exact) mass is 410 g/mol. The maximum Gasteiger partial charge on any atom is 0.255 e. The van der Waals surface area contributed by atoms with E-state index in [2.05, 4.69) is 0 Å². The fraction of sp³-hybridized carbons (Fsp3) is 0.391. The van der Waals surface area contributed by atoms with Gasteiger partial charge in [0, 0.05) is 36.5 Å². The number of hydrogen-bond acceptors (Lipinski definition) is 4. The zero-order chi connectivity index (χ0) is 20.4. The molecule has 2 fully saturated rings. The van der Waals surface area contributed by atoms with Crippen LogP contribution >= 0.6 is 11.8 Å². The Hall–Kier alpha value is -2.47. The smallest absolute Gasteiger partial charge is 0.255 e. The molecule has 29 heavy (non-hydrogen) atoms. The van der Waals surface area contributed by atoms with Crippen molar-refractivity contribution in [3.8, 4) is 5.75 Å². The summed E-state index contributed by atoms with van der Waals surface area (Å²) in [7, 11) is 1.60. The van der Waals surface area contributed by atoms with E-state index in [-0.39, 0.29) is 16.7 Å². The van der Waals surface area contributed by atoms with Gasteiger partial charge in [-0.2, -0.15) is 0 Å². The van der Waals surface area contributed by atoms with Gasteiger partial charge in [0.05, 0.1) is 12.0 Å². The lowest BCUT2D eigenvalue weighted by Crippen LogP contribution is -2.53. The second-order valence-electron chi connectivity index (χ2n) is 7.65. The van der Waals surface area contributed by atoms with Crippen LogP contribution < -0.4 is 4.74 Å². The van der Waals surface area contributed by atoms with Gasteiger partial charge in [0.25, 0.3) is 11.8 Å². The first-order valence-electron chi connectivity index (χ1n) is 9.98. The van der Waals surface area contributed by atoms with E-state index in [0.717, 1.165) is 36.3 Å². The molecule has 0 bridgehead atoms. The van der Waals surface area contributed by atoms with Gasteiger partial charge in [-0.05, 0) is 50.1 Å². The van der Waals surface area contributed by atoms with E-state index in [1.165, 1.54) is 0 Å². The predicted molar refractivity (Wildman–Crippen MR) is 116 cm³/mol. The number of likely N-dealkylation sites (tertiary alicyclic amines) is 1. The highest BCUT2D eigenvalue weighted by molar-refractivity contribution is 8.00. The van der Waals surface area contributed by atoms with Gasteiger partial charge in [-0.3, -0.25) is 9.59 Å². The average molecular weight is 411 g/mol. The van der Waals surface area contributed by atoms with Crippen LogP contribution in [-0.4, -0.2) is 59.0 Å². The average Bonchev–Trinajstić information content (AvgIpc) is 3.16. The van der Waals surface area contributed by atoms with Crippen molar-refractivity contribution in [1.82, 2.24) is 9.80 Å². The molecule has 0 radical (unpaired) electrons. The molecule has 6 heteroatoms. The van der Waals surface area contributed by atoms with Crippen LogP contribution in [0.15, 0.2) is 48.5 Å². The minimum absolute atomic E-state index is 0.0262. The van der Waals surface area contributed by atoms with Crippen molar-refractivity contribution >= 4 is 23.6 Å². The topological polar surface area (TPSA) is 49.9 Å². The minimum Gasteiger partial charge on any atom is -0.497 e. The third-order valence-corrected chi connectivity index (χ3v) is 7.39. The number of amides is 2. The number of rotatable bonds is 3. The first-order chi connectivity index (χ1) is 14.0. The predicted octanol–water partition coefficient (Wildman–Crippen LogP) is 3.83. The van der Waals surface area contributed by atoms with Crippen molar-refractivity contribution in [2.75, 3.05) is 32.5 Å². The molecule has 0 N–H and O–H groups in total. The number of carbonyl (C=O) groups excluding carboxylic acids is 2. The second-order valence-corrected chi connectivity index (χ2v) is 9.10. The maximum absolute atomic E-state index is 13.2. The van der Waals surface area contributed by atoms with E-state index in [1.54, 1.807) is 13.2 Å². The van der Waals surface area contributed by atoms with Crippen LogP contribution in [0.1, 0.15) is 39.1 Å². The van der Waals surface area contributed by atoms with Crippen molar-refractivity contribution in [2.45, 2.75) is 24.6 Å². The quantitative estimate of drug-likeness (QED) is 0.772. The molecule has 0 saturated carbocycles. The lowest BCUT2D eigenvalue weighted by atomic mass is 9.99. The first-order valence-corrected chi connectivity index (χ1v) is 11.0. The van der Waals surface area contributed by atoms with Crippen molar-refractivity contribution in [1.29, 1.82) is 0 Å². The number of carbonyl (C=O) groups is 2. The molecule has 2 aliphatic heterocycles. The molecule has 152 valence electrons. The van der Waals surface area contributed by atoms with E-state index in [9.17, 15) is 9.59 Å². The van der Waals surface area contributed by atoms with Gasteiger partial charge in [-0.15, -0.1) is 11.8 Å². The molecule has 0 atom stereocenters. The number of ether oxygens (including phenoxy) is 1. The standard InChI is InChI=1S/C23H26N2O3S/c1-17-5-3-6-18(15-17)22(27)25-13-14-29-23(25)9-11-24(12-10-23)21(26)19-7-4-8-20(16-19)28-2/h3-8,15-16H,9-14H2,1-2H3. The molecule has 5 nitrogen and oxygen atoms in total. The summed E-state index contributed by atoms with van der Waals surface area (Å²) in [6.45, 7) is 4.08. The highest BCUT2D eigenvalue weighted by atomic mass is 32.2. The number of thioether (sulfide) groups is 1. The molecule has 0 aliphatic carbocycles. The highest BCUT2D eigenvalue weighted by Gasteiger charge is 2.47. The molecule has 2 aliphatic rings. The van der Waals surface area contributed by atoms with Gasteiger partial charge < -0.3 is 14.5 Å². The Bertz CT molecular complexity index is 922. The van der Waals surface area contributed by atoms with Gasteiger partial charge in [0.1, 0.15) is 5.75 Å². The summed E-state index contributed by atoms with van der Waals surface area (Å²) in [5, 5.41) is 0. The van der Waals surface area contributed by atoms with Crippen LogP contribution in [-0.2, 0) is 0 Å². The number of hydrogen-bond donors (Lipinski definition) is 0. The fourth-order valence-electron chi connectivity index (χ4n) is 4.24. The summed E-state index contributed by atoms with van der Waals surface area (Å²) in [5.74, 6) is 1.76. The van der Waals surface area contributed by atoms with Gasteiger partial charge in [0.15, 0.2) is 0 Å². The van der Waals surface area contributed by atoms with Crippen molar-refractivity contribution in [3.63, 3.8) is 0 Å². The number of methoxy groups -OCH3 is 1. The summed E-state index contributed by atoms with van der Waals surface area (Å²) >= 11 is 1.86. The Morgan fingerprint density at radius 2 is 1.66 bits per heavy atom. The van der Waals surface area contributed by atoms with E-state index < -0.39 is 0 Å². The Balaban J connectivity index is 1.47. The van der Waals surface area contributed by atoms with E-state index in [1.807, 2.05) is 71.0 Å². The van der Waals surface area contributed by atoms with Crippen LogP contribution in [0.5, 0.6) is 5.75 Å². The summed E-state index contributed by atoms with van der Waals surface area (Å²) in [4.78, 5) is 29.9. The second kappa shape index (κ2) is 8.11. The van der Waals surface area contributed by atoms with Crippen LogP contribution in [0.3, 0.4) is 0 Å². The van der Waals surface area contributed by atoms with Crippen molar-refractivity contribution in [3.05, 3.63) is 65.2 Å². The summed E-state index contributed by atoms with van der Waals surface area (Å²) in [6, 6.07) is 15.1. The SMILES string of the molecule is COc1cccc(C(=O)N2CCC3(CC2)SCCN3C(=O)c2cccc(C)c2)c1. The molecular weight excluding hydrogens is 384 g/mol. The Labute approximate surface area is 176 Å². The third-order valence-electron chi connectivity index (χ3n) is 5.84. The number of benzene rings is 2. The molecule has 2 aromatic carbocycles. The third kappa shape index (κ3) is 3.86. The number of nitrogens with zero attached hydrogens (tertiary/aromatic N) is 2. The van der Waals surface area contributed by atoms with Crippen LogP contribution in [0.25, 0.3) is 0 Å². The largest absolute Gasteiger partial charge is 0.497 e. The number of aryl methyl sites for hydroxylation is 1. The van der Waals surface area contributed by atoms with Gasteiger partial charge in [0.2, 0.25) is 0 Å². The minimum atomic E-state index is -0.202. The van der Waals surface area contributed by atoms with Crippen LogP contribution in [0.4, 0.5) is 0 Å². The molecule has 0 aromatic heterocycles. The summed E-state index contributed by atoms with van der Waals surface area (Å²) < 4.78 is 5.24. The maximum atomic E-state index is 13.2. The zero-order valence-electron chi connectivity index (χ0n) is 16.9. The van der Waals surface area contributed by atoms with Crippen LogP contribution in [0.2, 0.25) is 0 Å². The molecule has 2 heterocycles. The first kappa shape index (κ1) is 19.8. The number of piperidine rings is 1. The van der Waals surface area contributed by atoms with Crippen LogP contribution in [0, 0.1) is 6.92 Å². The normalized spacial score (nSPS) is 18.1. The Morgan fingerprint density at radius 1 is 0.966 bits per heavy atom. The molecule has 2 amide bonds. The lowest BCUT2D eigenvalue weighted by Gasteiger charge is -2.44. The highest BCUT2D eigenvalue weighted by Crippen LogP contribution is 2.44. The summed E-state index contributed by atoms with van der Waals surface area (Å²) in [5.41, 5.74) is 2.49. The van der Waals surface area contributed by atoms with E-state index >= 15 is 0 Å².